The van der Waals surface area contributed by atoms with Crippen molar-refractivity contribution in [3.63, 3.8) is 0 Å². The number of hydrogen-bond acceptors (Lipinski definition) is 2. The van der Waals surface area contributed by atoms with Gasteiger partial charge in [-0.25, -0.2) is 0 Å². The number of methoxy groups -OCH3 is 1. The van der Waals surface area contributed by atoms with Crippen LogP contribution in [0.2, 0.25) is 0 Å². The third kappa shape index (κ3) is 2.07. The zero-order valence-corrected chi connectivity index (χ0v) is 13.4. The van der Waals surface area contributed by atoms with Gasteiger partial charge in [-0.15, -0.1) is 0 Å². The van der Waals surface area contributed by atoms with Gasteiger partial charge in [-0.05, 0) is 42.7 Å². The number of benzene rings is 2. The summed E-state index contributed by atoms with van der Waals surface area (Å²) in [5.74, 6) is 1.29. The van der Waals surface area contributed by atoms with Crippen LogP contribution in [0.5, 0.6) is 5.75 Å². The molecule has 1 aliphatic heterocycles. The lowest BCUT2D eigenvalue weighted by atomic mass is 9.95. The first-order valence-corrected chi connectivity index (χ1v) is 8.00. The van der Waals surface area contributed by atoms with Gasteiger partial charge in [0, 0.05) is 28.7 Å². The minimum atomic E-state index is 0.103. The van der Waals surface area contributed by atoms with E-state index in [2.05, 4.69) is 23.6 Å². The maximum Gasteiger partial charge on any atom is 0.195 e. The number of ether oxygens (including phenoxy) is 1. The van der Waals surface area contributed by atoms with Crippen molar-refractivity contribution in [2.24, 2.45) is 0 Å². The number of fused-ring (bicyclic) bond motifs is 3. The summed E-state index contributed by atoms with van der Waals surface area (Å²) in [5.41, 5.74) is 3.94. The van der Waals surface area contributed by atoms with Crippen LogP contribution in [0.4, 0.5) is 0 Å². The number of carbonyl (C=O) groups excluding carboxylic acids is 1. The molecular weight excluding hydrogens is 286 g/mol. The van der Waals surface area contributed by atoms with Gasteiger partial charge in [-0.1, -0.05) is 25.1 Å². The van der Waals surface area contributed by atoms with Crippen LogP contribution in [0.1, 0.15) is 40.9 Å². The Morgan fingerprint density at radius 2 is 1.87 bits per heavy atom. The number of nitrogens with zero attached hydrogens (tertiary/aromatic N) is 1. The molecule has 2 aromatic carbocycles. The highest BCUT2D eigenvalue weighted by Crippen LogP contribution is 2.39. The van der Waals surface area contributed by atoms with Crippen LogP contribution in [0.25, 0.3) is 10.9 Å². The summed E-state index contributed by atoms with van der Waals surface area (Å²) in [5, 5.41) is 1.06. The van der Waals surface area contributed by atoms with E-state index in [-0.39, 0.29) is 5.78 Å². The predicted molar refractivity (Wildman–Crippen MR) is 91.4 cm³/mol. The smallest absolute Gasteiger partial charge is 0.195 e. The molecule has 0 unspecified atom stereocenters. The van der Waals surface area contributed by atoms with E-state index in [1.54, 1.807) is 7.11 Å². The molecule has 0 fully saturated rings. The second-order valence-electron chi connectivity index (χ2n) is 6.18. The van der Waals surface area contributed by atoms with E-state index >= 15 is 0 Å². The van der Waals surface area contributed by atoms with Crippen LogP contribution in [-0.2, 0) is 6.54 Å². The van der Waals surface area contributed by atoms with Gasteiger partial charge >= 0.3 is 0 Å². The molecule has 3 aromatic rings. The number of hydrogen-bond donors (Lipinski definition) is 0. The second-order valence-corrected chi connectivity index (χ2v) is 6.18. The van der Waals surface area contributed by atoms with Crippen molar-refractivity contribution in [1.29, 1.82) is 0 Å². The Balaban J connectivity index is 1.91. The van der Waals surface area contributed by atoms with E-state index in [0.29, 0.717) is 11.5 Å². The summed E-state index contributed by atoms with van der Waals surface area (Å²) in [6, 6.07) is 15.6. The van der Waals surface area contributed by atoms with Gasteiger partial charge in [0.1, 0.15) is 5.75 Å². The molecule has 0 spiro atoms. The van der Waals surface area contributed by atoms with Gasteiger partial charge in [-0.3, -0.25) is 4.79 Å². The molecule has 3 heteroatoms. The fraction of sp³-hybridized carbons (Fsp3) is 0.250. The van der Waals surface area contributed by atoms with Crippen LogP contribution in [0.3, 0.4) is 0 Å². The van der Waals surface area contributed by atoms with E-state index in [1.165, 1.54) is 11.2 Å². The molecule has 0 amide bonds. The molecule has 1 aliphatic rings. The average Bonchev–Trinajstić information content (AvgIpc) is 3.13. The Bertz CT molecular complexity index is 890. The fourth-order valence-corrected chi connectivity index (χ4v) is 3.66. The third-order valence-corrected chi connectivity index (χ3v) is 4.84. The molecule has 4 rings (SSSR count). The summed E-state index contributed by atoms with van der Waals surface area (Å²) in [7, 11) is 1.63. The lowest BCUT2D eigenvalue weighted by molar-refractivity contribution is 0.103. The molecule has 1 aromatic heterocycles. The Hall–Kier alpha value is -2.55. The summed E-state index contributed by atoms with van der Waals surface area (Å²) in [6.07, 6.45) is 1.10. The van der Waals surface area contributed by atoms with Crippen LogP contribution in [0, 0.1) is 0 Å². The minimum Gasteiger partial charge on any atom is -0.497 e. The van der Waals surface area contributed by atoms with Crippen molar-refractivity contribution in [1.82, 2.24) is 4.57 Å². The van der Waals surface area contributed by atoms with E-state index in [9.17, 15) is 4.79 Å². The average molecular weight is 305 g/mol. The quantitative estimate of drug-likeness (QED) is 0.672. The van der Waals surface area contributed by atoms with E-state index in [0.717, 1.165) is 29.7 Å². The number of aromatic nitrogens is 1. The fourth-order valence-electron chi connectivity index (χ4n) is 3.66. The molecule has 2 heterocycles. The zero-order chi connectivity index (χ0) is 16.0. The maximum absolute atomic E-state index is 13.2. The first-order valence-electron chi connectivity index (χ1n) is 8.00. The lowest BCUT2D eigenvalue weighted by Crippen LogP contribution is -2.05. The number of carbonyl (C=O) groups is 1. The topological polar surface area (TPSA) is 31.2 Å². The zero-order valence-electron chi connectivity index (χ0n) is 13.4. The highest BCUT2D eigenvalue weighted by molar-refractivity contribution is 6.17. The van der Waals surface area contributed by atoms with Gasteiger partial charge in [0.25, 0.3) is 0 Å². The van der Waals surface area contributed by atoms with Crippen molar-refractivity contribution in [3.05, 3.63) is 65.4 Å². The van der Waals surface area contributed by atoms with Crippen molar-refractivity contribution in [2.75, 3.05) is 7.11 Å². The third-order valence-electron chi connectivity index (χ3n) is 4.84. The van der Waals surface area contributed by atoms with Crippen molar-refractivity contribution in [3.8, 4) is 5.75 Å². The molecule has 23 heavy (non-hydrogen) atoms. The first kappa shape index (κ1) is 14.1. The summed E-state index contributed by atoms with van der Waals surface area (Å²) < 4.78 is 7.50. The van der Waals surface area contributed by atoms with Crippen LogP contribution in [0.15, 0.2) is 48.5 Å². The van der Waals surface area contributed by atoms with Crippen LogP contribution >= 0.6 is 0 Å². The normalized spacial score (nSPS) is 16.5. The molecule has 116 valence electrons. The molecule has 0 saturated heterocycles. The Morgan fingerprint density at radius 1 is 1.13 bits per heavy atom. The largest absolute Gasteiger partial charge is 0.497 e. The minimum absolute atomic E-state index is 0.103. The van der Waals surface area contributed by atoms with Crippen molar-refractivity contribution < 1.29 is 9.53 Å². The molecule has 3 nitrogen and oxygen atoms in total. The van der Waals surface area contributed by atoms with Gasteiger partial charge in [0.15, 0.2) is 5.78 Å². The molecule has 0 aliphatic carbocycles. The monoisotopic (exact) mass is 305 g/mol. The van der Waals surface area contributed by atoms with Gasteiger partial charge in [-0.2, -0.15) is 0 Å². The summed E-state index contributed by atoms with van der Waals surface area (Å²) in [4.78, 5) is 13.2. The molecule has 0 N–H and O–H groups in total. The standard InChI is InChI=1S/C20H19NO2/c1-13-11-12-21-17-6-4-3-5-16(17)18(19(13)21)20(22)14-7-9-15(23-2)10-8-14/h3-10,13H,11-12H2,1-2H3/t13-/m1/s1. The first-order chi connectivity index (χ1) is 11.2. The number of ketones is 1. The Morgan fingerprint density at radius 3 is 2.61 bits per heavy atom. The highest BCUT2D eigenvalue weighted by Gasteiger charge is 2.30. The molecule has 0 saturated carbocycles. The molecule has 0 bridgehead atoms. The van der Waals surface area contributed by atoms with Gasteiger partial charge < -0.3 is 9.30 Å². The van der Waals surface area contributed by atoms with Crippen LogP contribution in [-0.4, -0.2) is 17.5 Å². The Labute approximate surface area is 135 Å². The second kappa shape index (κ2) is 5.27. The van der Waals surface area contributed by atoms with Crippen molar-refractivity contribution in [2.45, 2.75) is 25.8 Å². The number of para-hydroxylation sites is 1. The predicted octanol–water partition coefficient (Wildman–Crippen LogP) is 4.39. The summed E-state index contributed by atoms with van der Waals surface area (Å²) in [6.45, 7) is 3.20. The van der Waals surface area contributed by atoms with Gasteiger partial charge in [0.05, 0.1) is 12.7 Å². The highest BCUT2D eigenvalue weighted by atomic mass is 16.5. The molecule has 1 atom stereocenters. The molecular formula is C20H19NO2. The van der Waals surface area contributed by atoms with E-state index < -0.39 is 0 Å². The summed E-state index contributed by atoms with van der Waals surface area (Å²) >= 11 is 0. The van der Waals surface area contributed by atoms with E-state index in [4.69, 9.17) is 4.74 Å². The molecule has 0 radical (unpaired) electrons. The van der Waals surface area contributed by atoms with Gasteiger partial charge in [0.2, 0.25) is 0 Å². The SMILES string of the molecule is COc1ccc(C(=O)c2c3n(c4ccccc24)CC[C@H]3C)cc1. The number of aryl methyl sites for hydroxylation is 1. The van der Waals surface area contributed by atoms with Crippen molar-refractivity contribution >= 4 is 16.7 Å². The lowest BCUT2D eigenvalue weighted by Gasteiger charge is -2.07. The Kier molecular flexibility index (Phi) is 3.22. The number of rotatable bonds is 3. The maximum atomic E-state index is 13.2. The van der Waals surface area contributed by atoms with Crippen LogP contribution < -0.4 is 4.74 Å². The van der Waals surface area contributed by atoms with E-state index in [1.807, 2.05) is 36.4 Å².